The first-order valence-corrected chi connectivity index (χ1v) is 19.8. The van der Waals surface area contributed by atoms with E-state index in [9.17, 15) is 0 Å². The van der Waals surface area contributed by atoms with E-state index in [0.717, 1.165) is 66.8 Å². The summed E-state index contributed by atoms with van der Waals surface area (Å²) in [4.78, 5) is 2.41. The van der Waals surface area contributed by atoms with E-state index < -0.39 is 0 Å². The molecule has 0 saturated heterocycles. The van der Waals surface area contributed by atoms with Crippen molar-refractivity contribution in [1.29, 1.82) is 0 Å². The number of rotatable bonds is 7. The average Bonchev–Trinajstić information content (AvgIpc) is 3.67. The van der Waals surface area contributed by atoms with Crippen LogP contribution >= 0.6 is 0 Å². The van der Waals surface area contributed by atoms with Gasteiger partial charge in [0.1, 0.15) is 11.2 Å². The molecular weight excluding hydrogens is 703 g/mol. The van der Waals surface area contributed by atoms with Gasteiger partial charge in [0.05, 0.1) is 5.69 Å². The van der Waals surface area contributed by atoms with Crippen molar-refractivity contribution in [3.05, 3.63) is 224 Å². The molecule has 10 aromatic carbocycles. The maximum absolute atomic E-state index is 6.56. The molecule has 0 aliphatic carbocycles. The van der Waals surface area contributed by atoms with Crippen LogP contribution in [0.4, 0.5) is 17.1 Å². The quantitative estimate of drug-likeness (QED) is 0.162. The Bertz CT molecular complexity index is 3270. The van der Waals surface area contributed by atoms with Crippen LogP contribution in [0, 0.1) is 0 Å². The van der Waals surface area contributed by atoms with Crippen LogP contribution in [-0.4, -0.2) is 0 Å². The molecule has 0 atom stereocenters. The van der Waals surface area contributed by atoms with Gasteiger partial charge in [-0.05, 0) is 115 Å². The van der Waals surface area contributed by atoms with Gasteiger partial charge in [0.25, 0.3) is 0 Å². The molecule has 2 heteroatoms. The fourth-order valence-corrected chi connectivity index (χ4v) is 8.63. The van der Waals surface area contributed by atoms with Gasteiger partial charge in [-0.3, -0.25) is 0 Å². The normalized spacial score (nSPS) is 11.4. The summed E-state index contributed by atoms with van der Waals surface area (Å²) in [6, 6.07) is 80.8. The lowest BCUT2D eigenvalue weighted by molar-refractivity contribution is 0.669. The molecule has 0 aliphatic heterocycles. The lowest BCUT2D eigenvalue weighted by atomic mass is 9.90. The van der Waals surface area contributed by atoms with Crippen molar-refractivity contribution < 1.29 is 4.42 Å². The van der Waals surface area contributed by atoms with Gasteiger partial charge in [0, 0.05) is 27.7 Å². The maximum atomic E-state index is 6.56. The zero-order chi connectivity index (χ0) is 38.4. The summed E-state index contributed by atoms with van der Waals surface area (Å²) in [5.41, 5.74) is 14.3. The Kier molecular flexibility index (Phi) is 8.19. The summed E-state index contributed by atoms with van der Waals surface area (Å²) in [7, 11) is 0. The highest BCUT2D eigenvalue weighted by molar-refractivity contribution is 6.16. The summed E-state index contributed by atoms with van der Waals surface area (Å²) < 4.78 is 6.56. The highest BCUT2D eigenvalue weighted by atomic mass is 16.3. The minimum Gasteiger partial charge on any atom is -0.456 e. The molecule has 0 unspecified atom stereocenters. The Morgan fingerprint density at radius 1 is 0.293 bits per heavy atom. The van der Waals surface area contributed by atoms with Crippen LogP contribution < -0.4 is 4.90 Å². The van der Waals surface area contributed by atoms with Gasteiger partial charge in [-0.1, -0.05) is 170 Å². The van der Waals surface area contributed by atoms with E-state index in [0.29, 0.717) is 0 Å². The Morgan fingerprint density at radius 3 is 1.66 bits per heavy atom. The van der Waals surface area contributed by atoms with Crippen LogP contribution in [0.1, 0.15) is 0 Å². The number of nitrogens with zero attached hydrogens (tertiary/aromatic N) is 1. The first kappa shape index (κ1) is 33.6. The van der Waals surface area contributed by atoms with Gasteiger partial charge >= 0.3 is 0 Å². The van der Waals surface area contributed by atoms with E-state index in [1.54, 1.807) is 0 Å². The SMILES string of the molecule is c1ccc(-c2ccc(N(c3ccc(-c4cccc5oc6cc7ccccc7cc6c45)c(-c4ccccc4)c3)c3ccccc3-c3ccc4ccccc4c3)cc2)cc1. The number of hydrogen-bond acceptors (Lipinski definition) is 2. The summed E-state index contributed by atoms with van der Waals surface area (Å²) in [6.45, 7) is 0. The molecule has 1 heterocycles. The van der Waals surface area contributed by atoms with Crippen molar-refractivity contribution in [3.8, 4) is 44.5 Å². The van der Waals surface area contributed by atoms with Gasteiger partial charge in [0.15, 0.2) is 0 Å². The highest BCUT2D eigenvalue weighted by Gasteiger charge is 2.22. The number of anilines is 3. The maximum Gasteiger partial charge on any atom is 0.136 e. The predicted octanol–water partition coefficient (Wildman–Crippen LogP) is 16.0. The number of benzene rings is 10. The Hall–Kier alpha value is -7.68. The second-order valence-corrected chi connectivity index (χ2v) is 14.9. The average molecular weight is 740 g/mol. The van der Waals surface area contributed by atoms with Crippen LogP contribution in [0.25, 0.3) is 88.0 Å². The molecule has 0 fully saturated rings. The van der Waals surface area contributed by atoms with Crippen molar-refractivity contribution in [3.63, 3.8) is 0 Å². The minimum absolute atomic E-state index is 0.885. The van der Waals surface area contributed by atoms with E-state index in [-0.39, 0.29) is 0 Å². The lowest BCUT2D eigenvalue weighted by Crippen LogP contribution is -2.11. The molecule has 0 aliphatic rings. The third-order valence-corrected chi connectivity index (χ3v) is 11.4. The fourth-order valence-electron chi connectivity index (χ4n) is 8.63. The topological polar surface area (TPSA) is 16.4 Å². The second kappa shape index (κ2) is 14.1. The standard InChI is InChI=1S/C56H37NO/c1-3-14-38(15-4-1)40-28-30-46(31-29-40)57(53-24-12-11-22-48(53)45-27-26-39-16-7-8-19-42(39)34-45)47-32-33-49(51(37-47)41-17-5-2-6-18-41)50-23-13-25-54-56(50)52-35-43-20-9-10-21-44(43)36-55(52)58-54/h1-37H. The molecule has 0 amide bonds. The number of para-hydroxylation sites is 1. The Labute approximate surface area is 337 Å². The van der Waals surface area contributed by atoms with Crippen molar-refractivity contribution in [2.75, 3.05) is 4.90 Å². The largest absolute Gasteiger partial charge is 0.456 e. The van der Waals surface area contributed by atoms with E-state index >= 15 is 0 Å². The summed E-state index contributed by atoms with van der Waals surface area (Å²) >= 11 is 0. The third-order valence-electron chi connectivity index (χ3n) is 11.4. The molecule has 0 radical (unpaired) electrons. The molecule has 0 bridgehead atoms. The first-order chi connectivity index (χ1) is 28.7. The molecule has 11 aromatic rings. The number of hydrogen-bond donors (Lipinski definition) is 0. The minimum atomic E-state index is 0.885. The molecule has 1 aromatic heterocycles. The van der Waals surface area contributed by atoms with Crippen LogP contribution in [-0.2, 0) is 0 Å². The molecule has 58 heavy (non-hydrogen) atoms. The molecule has 0 N–H and O–H groups in total. The van der Waals surface area contributed by atoms with Crippen LogP contribution in [0.2, 0.25) is 0 Å². The molecule has 11 rings (SSSR count). The van der Waals surface area contributed by atoms with Gasteiger partial charge < -0.3 is 9.32 Å². The number of fused-ring (bicyclic) bond motifs is 5. The van der Waals surface area contributed by atoms with Gasteiger partial charge in [-0.25, -0.2) is 0 Å². The predicted molar refractivity (Wildman–Crippen MR) is 245 cm³/mol. The van der Waals surface area contributed by atoms with E-state index in [4.69, 9.17) is 4.42 Å². The van der Waals surface area contributed by atoms with Gasteiger partial charge in [-0.15, -0.1) is 0 Å². The van der Waals surface area contributed by atoms with Gasteiger partial charge in [0.2, 0.25) is 0 Å². The molecular formula is C56H37NO. The van der Waals surface area contributed by atoms with E-state index in [2.05, 4.69) is 229 Å². The summed E-state index contributed by atoms with van der Waals surface area (Å²) in [5.74, 6) is 0. The highest BCUT2D eigenvalue weighted by Crippen LogP contribution is 2.47. The van der Waals surface area contributed by atoms with Crippen molar-refractivity contribution in [2.45, 2.75) is 0 Å². The molecule has 272 valence electrons. The first-order valence-electron chi connectivity index (χ1n) is 19.8. The third kappa shape index (κ3) is 5.91. The van der Waals surface area contributed by atoms with E-state index in [1.165, 1.54) is 38.2 Å². The zero-order valence-corrected chi connectivity index (χ0v) is 31.7. The Balaban J connectivity index is 1.14. The van der Waals surface area contributed by atoms with Crippen LogP contribution in [0.3, 0.4) is 0 Å². The van der Waals surface area contributed by atoms with Crippen molar-refractivity contribution >= 4 is 60.5 Å². The van der Waals surface area contributed by atoms with Crippen molar-refractivity contribution in [1.82, 2.24) is 0 Å². The number of furan rings is 1. The van der Waals surface area contributed by atoms with Crippen LogP contribution in [0.15, 0.2) is 229 Å². The van der Waals surface area contributed by atoms with Gasteiger partial charge in [-0.2, -0.15) is 0 Å². The van der Waals surface area contributed by atoms with Crippen LogP contribution in [0.5, 0.6) is 0 Å². The smallest absolute Gasteiger partial charge is 0.136 e. The molecule has 0 spiro atoms. The Morgan fingerprint density at radius 2 is 0.879 bits per heavy atom. The summed E-state index contributed by atoms with van der Waals surface area (Å²) in [6.07, 6.45) is 0. The fraction of sp³-hybridized carbons (Fsp3) is 0. The summed E-state index contributed by atoms with van der Waals surface area (Å²) in [5, 5.41) is 7.07. The monoisotopic (exact) mass is 739 g/mol. The lowest BCUT2D eigenvalue weighted by Gasteiger charge is -2.29. The zero-order valence-electron chi connectivity index (χ0n) is 31.7. The van der Waals surface area contributed by atoms with Crippen molar-refractivity contribution in [2.24, 2.45) is 0 Å². The second-order valence-electron chi connectivity index (χ2n) is 14.9. The molecule has 2 nitrogen and oxygen atoms in total. The van der Waals surface area contributed by atoms with E-state index in [1.807, 2.05) is 0 Å². The molecule has 0 saturated carbocycles.